The lowest BCUT2D eigenvalue weighted by Gasteiger charge is -2.35. The molecule has 0 spiro atoms. The Balaban J connectivity index is 1.41. The number of hydrogen-bond donors (Lipinski definition) is 3. The van der Waals surface area contributed by atoms with E-state index in [-0.39, 0.29) is 53.1 Å². The smallest absolute Gasteiger partial charge is 0.423 e. The Labute approximate surface area is 221 Å². The Hall–Kier alpha value is -3.17. The van der Waals surface area contributed by atoms with Crippen LogP contribution >= 0.6 is 11.6 Å². The number of aromatic nitrogens is 1. The number of nitrogens with one attached hydrogen (secondary N) is 1. The second-order valence-corrected chi connectivity index (χ2v) is 10.7. The molecule has 9 nitrogen and oxygen atoms in total. The standard InChI is InChI=1S/C23H21BClF3N4O5S/c25-20-13-16(23(26,27)28)14-21(30-20)31-8-10-32(11-9-31)38(36,37)19-6-4-18(5-7-19)29-22(33)15-2-1-3-17(12-15)24(34)35/h1-7,12-14,34-35H,8-11H2,(H,29,33). The van der Waals surface area contributed by atoms with E-state index >= 15 is 0 Å². The van der Waals surface area contributed by atoms with Gasteiger partial charge in [-0.15, -0.1) is 0 Å². The first kappa shape index (κ1) is 27.9. The van der Waals surface area contributed by atoms with Crippen LogP contribution in [0.2, 0.25) is 5.15 Å². The highest BCUT2D eigenvalue weighted by Gasteiger charge is 2.33. The highest BCUT2D eigenvalue weighted by atomic mass is 35.5. The average Bonchev–Trinajstić information content (AvgIpc) is 2.88. The van der Waals surface area contributed by atoms with Gasteiger partial charge in [-0.2, -0.15) is 17.5 Å². The summed E-state index contributed by atoms with van der Waals surface area (Å²) in [7, 11) is -5.64. The molecular weight excluding hydrogens is 548 g/mol. The third-order valence-electron chi connectivity index (χ3n) is 5.87. The average molecular weight is 569 g/mol. The van der Waals surface area contributed by atoms with Crippen LogP contribution in [0.3, 0.4) is 0 Å². The molecule has 0 radical (unpaired) electrons. The zero-order valence-electron chi connectivity index (χ0n) is 19.6. The molecule has 3 N–H and O–H groups in total. The van der Waals surface area contributed by atoms with Crippen molar-refractivity contribution in [2.45, 2.75) is 11.1 Å². The van der Waals surface area contributed by atoms with Gasteiger partial charge in [0.15, 0.2) is 0 Å². The van der Waals surface area contributed by atoms with Crippen LogP contribution in [-0.2, 0) is 16.2 Å². The Morgan fingerprint density at radius 3 is 2.26 bits per heavy atom. The molecule has 0 bridgehead atoms. The topological polar surface area (TPSA) is 123 Å². The van der Waals surface area contributed by atoms with Gasteiger partial charge in [0.25, 0.3) is 5.91 Å². The number of halogens is 4. The summed E-state index contributed by atoms with van der Waals surface area (Å²) in [4.78, 5) is 17.9. The Kier molecular flexibility index (Phi) is 8.00. The number of sulfonamides is 1. The zero-order valence-corrected chi connectivity index (χ0v) is 21.1. The normalized spacial score (nSPS) is 14.8. The fourth-order valence-corrected chi connectivity index (χ4v) is 5.50. The molecule has 2 aromatic carbocycles. The van der Waals surface area contributed by atoms with Gasteiger partial charge >= 0.3 is 13.3 Å². The van der Waals surface area contributed by atoms with Gasteiger partial charge in [-0.25, -0.2) is 13.4 Å². The molecule has 1 aliphatic heterocycles. The van der Waals surface area contributed by atoms with Gasteiger partial charge in [0.2, 0.25) is 10.0 Å². The molecular formula is C23H21BClF3N4O5S. The predicted molar refractivity (Wildman–Crippen MR) is 136 cm³/mol. The molecule has 1 fully saturated rings. The van der Waals surface area contributed by atoms with Gasteiger partial charge in [0, 0.05) is 37.4 Å². The Bertz CT molecular complexity index is 1430. The second-order valence-electron chi connectivity index (χ2n) is 8.40. The molecule has 1 amide bonds. The molecule has 38 heavy (non-hydrogen) atoms. The summed E-state index contributed by atoms with van der Waals surface area (Å²) in [5, 5.41) is 20.8. The molecule has 0 saturated carbocycles. The number of pyridine rings is 1. The van der Waals surface area contributed by atoms with Gasteiger partial charge < -0.3 is 20.3 Å². The van der Waals surface area contributed by atoms with Crippen molar-refractivity contribution < 1.29 is 36.4 Å². The fraction of sp³-hybridized carbons (Fsp3) is 0.217. The summed E-state index contributed by atoms with van der Waals surface area (Å²) in [6, 6.07) is 12.9. The third kappa shape index (κ3) is 6.27. The van der Waals surface area contributed by atoms with E-state index in [1.165, 1.54) is 57.7 Å². The van der Waals surface area contributed by atoms with Crippen molar-refractivity contribution in [2.75, 3.05) is 36.4 Å². The first-order valence-electron chi connectivity index (χ1n) is 11.2. The van der Waals surface area contributed by atoms with Crippen molar-refractivity contribution >= 4 is 51.6 Å². The number of carbonyl (C=O) groups excluding carboxylic acids is 1. The quantitative estimate of drug-likeness (QED) is 0.308. The zero-order chi connectivity index (χ0) is 27.7. The van der Waals surface area contributed by atoms with E-state index in [0.717, 1.165) is 12.1 Å². The number of amides is 1. The van der Waals surface area contributed by atoms with Gasteiger partial charge in [0.05, 0.1) is 10.5 Å². The number of carbonyl (C=O) groups is 1. The molecule has 1 saturated heterocycles. The molecule has 15 heteroatoms. The minimum atomic E-state index is -4.59. The van der Waals surface area contributed by atoms with Crippen molar-refractivity contribution in [3.05, 3.63) is 76.9 Å². The van der Waals surface area contributed by atoms with E-state index in [4.69, 9.17) is 11.6 Å². The maximum Gasteiger partial charge on any atom is 0.488 e. The van der Waals surface area contributed by atoms with E-state index in [1.54, 1.807) is 0 Å². The van der Waals surface area contributed by atoms with Gasteiger partial charge in [-0.1, -0.05) is 23.7 Å². The lowest BCUT2D eigenvalue weighted by atomic mass is 9.79. The van der Waals surface area contributed by atoms with E-state index in [2.05, 4.69) is 10.3 Å². The van der Waals surface area contributed by atoms with E-state index < -0.39 is 34.8 Å². The number of piperazine rings is 1. The second kappa shape index (κ2) is 10.9. The number of rotatable bonds is 6. The number of anilines is 2. The van der Waals surface area contributed by atoms with Crippen LogP contribution in [0.1, 0.15) is 15.9 Å². The molecule has 4 rings (SSSR count). The van der Waals surface area contributed by atoms with Crippen LogP contribution < -0.4 is 15.7 Å². The summed E-state index contributed by atoms with van der Waals surface area (Å²) in [5.41, 5.74) is -0.289. The number of hydrogen-bond acceptors (Lipinski definition) is 7. The highest BCUT2D eigenvalue weighted by molar-refractivity contribution is 7.89. The molecule has 3 aromatic rings. The van der Waals surface area contributed by atoms with E-state index in [9.17, 15) is 36.4 Å². The number of nitrogens with zero attached hydrogens (tertiary/aromatic N) is 3. The van der Waals surface area contributed by atoms with Crippen molar-refractivity contribution in [3.8, 4) is 0 Å². The Morgan fingerprint density at radius 2 is 1.66 bits per heavy atom. The summed E-state index contributed by atoms with van der Waals surface area (Å²) in [5.74, 6) is -0.511. The molecule has 1 aromatic heterocycles. The molecule has 0 unspecified atom stereocenters. The molecule has 0 atom stereocenters. The fourth-order valence-electron chi connectivity index (χ4n) is 3.87. The van der Waals surface area contributed by atoms with Crippen LogP contribution in [0.25, 0.3) is 0 Å². The van der Waals surface area contributed by atoms with Crippen LogP contribution in [0.5, 0.6) is 0 Å². The first-order chi connectivity index (χ1) is 17.8. The van der Waals surface area contributed by atoms with E-state index in [0.29, 0.717) is 5.69 Å². The third-order valence-corrected chi connectivity index (χ3v) is 7.97. The number of benzene rings is 2. The van der Waals surface area contributed by atoms with Crippen molar-refractivity contribution in [1.82, 2.24) is 9.29 Å². The van der Waals surface area contributed by atoms with Crippen LogP contribution in [0.15, 0.2) is 65.6 Å². The van der Waals surface area contributed by atoms with E-state index in [1.807, 2.05) is 0 Å². The lowest BCUT2D eigenvalue weighted by Crippen LogP contribution is -2.49. The van der Waals surface area contributed by atoms with Crippen LogP contribution in [0, 0.1) is 0 Å². The summed E-state index contributed by atoms with van der Waals surface area (Å²) >= 11 is 5.76. The van der Waals surface area contributed by atoms with Crippen molar-refractivity contribution in [2.24, 2.45) is 0 Å². The molecule has 0 aliphatic carbocycles. The van der Waals surface area contributed by atoms with Crippen LogP contribution in [-0.4, -0.2) is 67.0 Å². The van der Waals surface area contributed by atoms with Gasteiger partial charge in [-0.3, -0.25) is 4.79 Å². The summed E-state index contributed by atoms with van der Waals surface area (Å²) in [6.45, 7) is 0.256. The van der Waals surface area contributed by atoms with Gasteiger partial charge in [0.1, 0.15) is 11.0 Å². The minimum absolute atomic E-state index is 0.0148. The maximum atomic E-state index is 13.1. The summed E-state index contributed by atoms with van der Waals surface area (Å²) < 4.78 is 66.8. The van der Waals surface area contributed by atoms with Crippen LogP contribution in [0.4, 0.5) is 24.7 Å². The Morgan fingerprint density at radius 1 is 1.00 bits per heavy atom. The SMILES string of the molecule is O=C(Nc1ccc(S(=O)(=O)N2CCN(c3cc(C(F)(F)F)cc(Cl)n3)CC2)cc1)c1cccc(B(O)O)c1. The maximum absolute atomic E-state index is 13.1. The predicted octanol–water partition coefficient (Wildman–Crippen LogP) is 2.20. The minimum Gasteiger partial charge on any atom is -0.423 e. The number of alkyl halides is 3. The molecule has 1 aliphatic rings. The monoisotopic (exact) mass is 568 g/mol. The summed E-state index contributed by atoms with van der Waals surface area (Å²) in [6.07, 6.45) is -4.59. The largest absolute Gasteiger partial charge is 0.488 e. The highest BCUT2D eigenvalue weighted by Crippen LogP contribution is 2.33. The molecule has 2 heterocycles. The first-order valence-corrected chi connectivity index (χ1v) is 13.0. The lowest BCUT2D eigenvalue weighted by molar-refractivity contribution is -0.137. The van der Waals surface area contributed by atoms with Crippen molar-refractivity contribution in [1.29, 1.82) is 0 Å². The van der Waals surface area contributed by atoms with Gasteiger partial charge in [-0.05, 0) is 54.0 Å². The van der Waals surface area contributed by atoms with Crippen molar-refractivity contribution in [3.63, 3.8) is 0 Å². The molecule has 200 valence electrons.